The predicted octanol–water partition coefficient (Wildman–Crippen LogP) is 1.45. The van der Waals surface area contributed by atoms with Crippen LogP contribution in [0.5, 0.6) is 5.75 Å². The Bertz CT molecular complexity index is 384. The molecule has 17 heavy (non-hydrogen) atoms. The summed E-state index contributed by atoms with van der Waals surface area (Å²) in [6.07, 6.45) is 0. The number of hydrogen-bond acceptors (Lipinski definition) is 5. The molecule has 1 aromatic carbocycles. The molecule has 0 spiro atoms. The Hall–Kier alpha value is -1.82. The highest BCUT2D eigenvalue weighted by Gasteiger charge is 2.18. The lowest BCUT2D eigenvalue weighted by Gasteiger charge is -2.06. The third-order valence-electron chi connectivity index (χ3n) is 1.71. The second-order valence-electron chi connectivity index (χ2n) is 3.00. The fourth-order valence-corrected chi connectivity index (χ4v) is 0.986. The Kier molecular flexibility index (Phi) is 5.22. The lowest BCUT2D eigenvalue weighted by atomic mass is 10.3. The van der Waals surface area contributed by atoms with Crippen molar-refractivity contribution < 1.29 is 19.2 Å². The minimum atomic E-state index is -1.43. The molecular formula is C10H10ClNO5. The van der Waals surface area contributed by atoms with Crippen LogP contribution in [-0.4, -0.2) is 29.6 Å². The third kappa shape index (κ3) is 5.17. The maximum Gasteiger partial charge on any atom is 0.344 e. The number of halogens is 1. The second kappa shape index (κ2) is 6.70. The fourth-order valence-electron chi connectivity index (χ4n) is 0.923. The number of ether oxygens (including phenoxy) is 2. The number of esters is 1. The van der Waals surface area contributed by atoms with Gasteiger partial charge in [-0.3, -0.25) is 10.1 Å². The van der Waals surface area contributed by atoms with Crippen LogP contribution in [0, 0.1) is 10.1 Å². The number of alkyl halides is 1. The first-order chi connectivity index (χ1) is 8.09. The average Bonchev–Trinajstić information content (AvgIpc) is 2.34. The summed E-state index contributed by atoms with van der Waals surface area (Å²) in [5.41, 5.74) is -1.43. The van der Waals surface area contributed by atoms with Gasteiger partial charge in [-0.05, 0) is 23.7 Å². The number of rotatable bonds is 6. The van der Waals surface area contributed by atoms with Crippen molar-refractivity contribution >= 4 is 17.6 Å². The van der Waals surface area contributed by atoms with Gasteiger partial charge in [-0.25, -0.2) is 4.79 Å². The molecule has 0 fully saturated rings. The molecule has 0 aliphatic heterocycles. The standard InChI is InChI=1S/C10H10ClNO5/c11-9(12(14)15)6-17-10(13)7-16-8-4-2-1-3-5-8/h1-5,9H,6-7H2. The monoisotopic (exact) mass is 259 g/mol. The summed E-state index contributed by atoms with van der Waals surface area (Å²) in [7, 11) is 0. The summed E-state index contributed by atoms with van der Waals surface area (Å²) in [6.45, 7) is -0.795. The average molecular weight is 260 g/mol. The van der Waals surface area contributed by atoms with E-state index in [-0.39, 0.29) is 6.61 Å². The van der Waals surface area contributed by atoms with Crippen LogP contribution in [0.25, 0.3) is 0 Å². The summed E-state index contributed by atoms with van der Waals surface area (Å²) in [4.78, 5) is 20.5. The van der Waals surface area contributed by atoms with Gasteiger partial charge in [0.1, 0.15) is 5.75 Å². The lowest BCUT2D eigenvalue weighted by molar-refractivity contribution is -0.501. The molecule has 0 aliphatic carbocycles. The zero-order valence-corrected chi connectivity index (χ0v) is 9.50. The number of nitrogens with zero attached hydrogens (tertiary/aromatic N) is 1. The summed E-state index contributed by atoms with van der Waals surface area (Å²) >= 11 is 5.26. The zero-order chi connectivity index (χ0) is 12.7. The highest BCUT2D eigenvalue weighted by atomic mass is 35.5. The van der Waals surface area contributed by atoms with Gasteiger partial charge in [0, 0.05) is 4.92 Å². The lowest BCUT2D eigenvalue weighted by Crippen LogP contribution is -2.24. The molecule has 0 aromatic heterocycles. The number of hydrogen-bond donors (Lipinski definition) is 0. The molecule has 6 nitrogen and oxygen atoms in total. The van der Waals surface area contributed by atoms with E-state index in [1.807, 2.05) is 0 Å². The van der Waals surface area contributed by atoms with Gasteiger partial charge in [-0.2, -0.15) is 0 Å². The maximum absolute atomic E-state index is 11.1. The van der Waals surface area contributed by atoms with Crippen LogP contribution in [0.1, 0.15) is 0 Å². The Morgan fingerprint density at radius 1 is 1.41 bits per heavy atom. The van der Waals surface area contributed by atoms with Crippen molar-refractivity contribution in [3.63, 3.8) is 0 Å². The van der Waals surface area contributed by atoms with Gasteiger partial charge in [-0.15, -0.1) is 0 Å². The first kappa shape index (κ1) is 13.2. The van der Waals surface area contributed by atoms with Crippen molar-refractivity contribution in [2.75, 3.05) is 13.2 Å². The second-order valence-corrected chi connectivity index (χ2v) is 3.51. The van der Waals surface area contributed by atoms with Gasteiger partial charge in [0.25, 0.3) is 0 Å². The molecule has 0 saturated heterocycles. The van der Waals surface area contributed by atoms with E-state index in [0.29, 0.717) is 5.75 Å². The van der Waals surface area contributed by atoms with Crippen LogP contribution in [0.4, 0.5) is 0 Å². The van der Waals surface area contributed by atoms with Crippen LogP contribution in [-0.2, 0) is 9.53 Å². The SMILES string of the molecule is O=C(COc1ccccc1)OCC(Cl)[N+](=O)[O-]. The van der Waals surface area contributed by atoms with Crippen LogP contribution in [0.3, 0.4) is 0 Å². The quantitative estimate of drug-likeness (QED) is 0.254. The number of carbonyl (C=O) groups is 1. The van der Waals surface area contributed by atoms with E-state index in [1.54, 1.807) is 30.3 Å². The van der Waals surface area contributed by atoms with E-state index < -0.39 is 23.0 Å². The minimum Gasteiger partial charge on any atom is -0.482 e. The van der Waals surface area contributed by atoms with E-state index in [1.165, 1.54) is 0 Å². The first-order valence-corrected chi connectivity index (χ1v) is 5.14. The summed E-state index contributed by atoms with van der Waals surface area (Å²) in [5.74, 6) is -0.192. The van der Waals surface area contributed by atoms with Crippen LogP contribution in [0.2, 0.25) is 0 Å². The molecule has 1 rings (SSSR count). The Balaban J connectivity index is 2.24. The van der Waals surface area contributed by atoms with Gasteiger partial charge in [0.2, 0.25) is 0 Å². The topological polar surface area (TPSA) is 78.7 Å². The van der Waals surface area contributed by atoms with Crippen LogP contribution < -0.4 is 4.74 Å². The van der Waals surface area contributed by atoms with Crippen molar-refractivity contribution in [2.45, 2.75) is 5.50 Å². The normalized spacial score (nSPS) is 11.6. The van der Waals surface area contributed by atoms with Crippen molar-refractivity contribution in [2.24, 2.45) is 0 Å². The highest BCUT2D eigenvalue weighted by molar-refractivity contribution is 6.19. The molecule has 92 valence electrons. The van der Waals surface area contributed by atoms with Crippen molar-refractivity contribution in [1.82, 2.24) is 0 Å². The van der Waals surface area contributed by atoms with Gasteiger partial charge < -0.3 is 9.47 Å². The van der Waals surface area contributed by atoms with Crippen molar-refractivity contribution in [3.8, 4) is 5.75 Å². The third-order valence-corrected chi connectivity index (χ3v) is 2.00. The maximum atomic E-state index is 11.1. The van der Waals surface area contributed by atoms with E-state index in [2.05, 4.69) is 4.74 Å². The Morgan fingerprint density at radius 3 is 2.65 bits per heavy atom. The van der Waals surface area contributed by atoms with E-state index in [0.717, 1.165) is 0 Å². The molecule has 0 bridgehead atoms. The number of para-hydroxylation sites is 1. The number of benzene rings is 1. The van der Waals surface area contributed by atoms with Crippen LogP contribution in [0.15, 0.2) is 30.3 Å². The minimum absolute atomic E-state index is 0.314. The van der Waals surface area contributed by atoms with Crippen molar-refractivity contribution in [3.05, 3.63) is 40.4 Å². The number of carbonyl (C=O) groups excluding carboxylic acids is 1. The molecule has 0 amide bonds. The van der Waals surface area contributed by atoms with E-state index in [4.69, 9.17) is 16.3 Å². The van der Waals surface area contributed by atoms with Gasteiger partial charge in [0.15, 0.2) is 13.2 Å². The Labute approximate surface area is 102 Å². The molecule has 1 unspecified atom stereocenters. The molecular weight excluding hydrogens is 250 g/mol. The van der Waals surface area contributed by atoms with Crippen molar-refractivity contribution in [1.29, 1.82) is 0 Å². The molecule has 1 aromatic rings. The van der Waals surface area contributed by atoms with Gasteiger partial charge >= 0.3 is 11.5 Å². The van der Waals surface area contributed by atoms with Gasteiger partial charge in [0.05, 0.1) is 0 Å². The molecule has 7 heteroatoms. The smallest absolute Gasteiger partial charge is 0.344 e. The summed E-state index contributed by atoms with van der Waals surface area (Å²) < 4.78 is 9.62. The molecule has 0 heterocycles. The Morgan fingerprint density at radius 2 is 2.06 bits per heavy atom. The molecule has 0 saturated carbocycles. The van der Waals surface area contributed by atoms with Gasteiger partial charge in [-0.1, -0.05) is 18.2 Å². The molecule has 0 radical (unpaired) electrons. The predicted molar refractivity (Wildman–Crippen MR) is 59.5 cm³/mol. The van der Waals surface area contributed by atoms with E-state index >= 15 is 0 Å². The largest absolute Gasteiger partial charge is 0.482 e. The summed E-state index contributed by atoms with van der Waals surface area (Å²) in [5, 5.41) is 10.1. The van der Waals surface area contributed by atoms with E-state index in [9.17, 15) is 14.9 Å². The summed E-state index contributed by atoms with van der Waals surface area (Å²) in [6, 6.07) is 8.66. The molecule has 0 N–H and O–H groups in total. The fraction of sp³-hybridized carbons (Fsp3) is 0.300. The number of nitro groups is 1. The van der Waals surface area contributed by atoms with Crippen LogP contribution >= 0.6 is 11.6 Å². The molecule has 0 aliphatic rings. The molecule has 1 atom stereocenters. The first-order valence-electron chi connectivity index (χ1n) is 4.70. The zero-order valence-electron chi connectivity index (χ0n) is 8.74. The highest BCUT2D eigenvalue weighted by Crippen LogP contribution is 2.08.